The van der Waals surface area contributed by atoms with Crippen molar-refractivity contribution in [3.8, 4) is 0 Å². The topological polar surface area (TPSA) is 98.3 Å². The summed E-state index contributed by atoms with van der Waals surface area (Å²) in [5.74, 6) is -0.482. The van der Waals surface area contributed by atoms with Crippen molar-refractivity contribution in [2.75, 3.05) is 6.54 Å². The first-order valence-corrected chi connectivity index (χ1v) is 4.79. The molecule has 0 aromatic heterocycles. The molecule has 1 unspecified atom stereocenters. The molecule has 0 saturated heterocycles. The summed E-state index contributed by atoms with van der Waals surface area (Å²) in [6.07, 6.45) is 0. The van der Waals surface area contributed by atoms with Crippen LogP contribution in [0.2, 0.25) is 0 Å². The quantitative estimate of drug-likeness (QED) is 0.579. The van der Waals surface area contributed by atoms with E-state index in [0.29, 0.717) is 0 Å². The van der Waals surface area contributed by atoms with Gasteiger partial charge in [-0.05, 0) is 13.0 Å². The van der Waals surface area contributed by atoms with Crippen molar-refractivity contribution in [1.29, 1.82) is 0 Å². The van der Waals surface area contributed by atoms with Crippen LogP contribution in [0, 0.1) is 10.1 Å². The van der Waals surface area contributed by atoms with Crippen LogP contribution in [0.5, 0.6) is 0 Å². The highest BCUT2D eigenvalue weighted by molar-refractivity contribution is 5.98. The SMILES string of the molecule is CC(N)CNC(=O)c1ccccc1[N+](=O)[O-]. The van der Waals surface area contributed by atoms with Gasteiger partial charge in [0.2, 0.25) is 0 Å². The van der Waals surface area contributed by atoms with E-state index in [2.05, 4.69) is 5.32 Å². The average molecular weight is 223 g/mol. The molecule has 0 bridgehead atoms. The van der Waals surface area contributed by atoms with Crippen molar-refractivity contribution in [2.45, 2.75) is 13.0 Å². The van der Waals surface area contributed by atoms with Gasteiger partial charge in [0.25, 0.3) is 11.6 Å². The number of carbonyl (C=O) groups is 1. The molecule has 0 aliphatic heterocycles. The van der Waals surface area contributed by atoms with Crippen molar-refractivity contribution < 1.29 is 9.72 Å². The van der Waals surface area contributed by atoms with Crippen LogP contribution in [-0.4, -0.2) is 23.4 Å². The van der Waals surface area contributed by atoms with Gasteiger partial charge in [0.05, 0.1) is 4.92 Å². The van der Waals surface area contributed by atoms with Crippen LogP contribution in [0.3, 0.4) is 0 Å². The Morgan fingerprint density at radius 3 is 2.75 bits per heavy atom. The number of nitrogens with one attached hydrogen (secondary N) is 1. The first-order valence-electron chi connectivity index (χ1n) is 4.79. The van der Waals surface area contributed by atoms with Gasteiger partial charge < -0.3 is 11.1 Å². The first-order chi connectivity index (χ1) is 7.52. The van der Waals surface area contributed by atoms with Gasteiger partial charge >= 0.3 is 0 Å². The number of para-hydroxylation sites is 1. The van der Waals surface area contributed by atoms with Gasteiger partial charge in [-0.2, -0.15) is 0 Å². The standard InChI is InChI=1S/C10H13N3O3/c1-7(11)6-12-10(14)8-4-2-3-5-9(8)13(15)16/h2-5,7H,6,11H2,1H3,(H,12,14). The molecule has 1 rings (SSSR count). The lowest BCUT2D eigenvalue weighted by Crippen LogP contribution is -2.35. The summed E-state index contributed by atoms with van der Waals surface area (Å²) < 4.78 is 0. The largest absolute Gasteiger partial charge is 0.350 e. The minimum atomic E-state index is -0.583. The van der Waals surface area contributed by atoms with E-state index < -0.39 is 10.8 Å². The van der Waals surface area contributed by atoms with Crippen LogP contribution in [0.25, 0.3) is 0 Å². The fourth-order valence-electron chi connectivity index (χ4n) is 1.17. The van der Waals surface area contributed by atoms with Crippen molar-refractivity contribution >= 4 is 11.6 Å². The van der Waals surface area contributed by atoms with Gasteiger partial charge in [0.15, 0.2) is 0 Å². The summed E-state index contributed by atoms with van der Waals surface area (Å²) in [6.45, 7) is 2.02. The molecule has 0 spiro atoms. The van der Waals surface area contributed by atoms with Gasteiger partial charge in [-0.1, -0.05) is 12.1 Å². The molecule has 3 N–H and O–H groups in total. The smallest absolute Gasteiger partial charge is 0.282 e. The second-order valence-corrected chi connectivity index (χ2v) is 3.46. The number of benzene rings is 1. The summed E-state index contributed by atoms with van der Waals surface area (Å²) in [5, 5.41) is 13.2. The number of nitro groups is 1. The highest BCUT2D eigenvalue weighted by Gasteiger charge is 2.18. The van der Waals surface area contributed by atoms with Crippen molar-refractivity contribution in [3.05, 3.63) is 39.9 Å². The third-order valence-corrected chi connectivity index (χ3v) is 1.93. The van der Waals surface area contributed by atoms with Gasteiger partial charge in [-0.3, -0.25) is 14.9 Å². The monoisotopic (exact) mass is 223 g/mol. The van der Waals surface area contributed by atoms with E-state index in [1.807, 2.05) is 0 Å². The third-order valence-electron chi connectivity index (χ3n) is 1.93. The second kappa shape index (κ2) is 5.22. The van der Waals surface area contributed by atoms with Crippen LogP contribution < -0.4 is 11.1 Å². The maximum Gasteiger partial charge on any atom is 0.282 e. The zero-order valence-electron chi connectivity index (χ0n) is 8.84. The lowest BCUT2D eigenvalue weighted by Gasteiger charge is -2.07. The van der Waals surface area contributed by atoms with E-state index >= 15 is 0 Å². The van der Waals surface area contributed by atoms with Crippen LogP contribution in [0.1, 0.15) is 17.3 Å². The number of amides is 1. The van der Waals surface area contributed by atoms with Crippen LogP contribution in [-0.2, 0) is 0 Å². The Bertz CT molecular complexity index is 404. The molecule has 0 saturated carbocycles. The molecule has 0 aliphatic rings. The summed E-state index contributed by atoms with van der Waals surface area (Å²) in [6, 6.07) is 5.61. The molecule has 0 aliphatic carbocycles. The Morgan fingerprint density at radius 2 is 2.19 bits per heavy atom. The van der Waals surface area contributed by atoms with Gasteiger partial charge in [-0.15, -0.1) is 0 Å². The maximum atomic E-state index is 11.6. The molecule has 6 nitrogen and oxygen atoms in total. The third kappa shape index (κ3) is 3.03. The lowest BCUT2D eigenvalue weighted by atomic mass is 10.1. The van der Waals surface area contributed by atoms with Crippen molar-refractivity contribution in [3.63, 3.8) is 0 Å². The molecule has 1 atom stereocenters. The predicted octanol–water partition coefficient (Wildman–Crippen LogP) is 0.672. The Kier molecular flexibility index (Phi) is 3.96. The molecule has 1 aromatic carbocycles. The molecule has 86 valence electrons. The molecular weight excluding hydrogens is 210 g/mol. The number of carbonyl (C=O) groups excluding carboxylic acids is 1. The van der Waals surface area contributed by atoms with E-state index in [9.17, 15) is 14.9 Å². The van der Waals surface area contributed by atoms with E-state index in [1.165, 1.54) is 18.2 Å². The highest BCUT2D eigenvalue weighted by Crippen LogP contribution is 2.16. The zero-order valence-corrected chi connectivity index (χ0v) is 8.84. The fourth-order valence-corrected chi connectivity index (χ4v) is 1.17. The zero-order chi connectivity index (χ0) is 12.1. The molecule has 1 amide bonds. The molecule has 0 fully saturated rings. The molecule has 0 heterocycles. The van der Waals surface area contributed by atoms with Crippen molar-refractivity contribution in [1.82, 2.24) is 5.32 Å². The average Bonchev–Trinajstić information content (AvgIpc) is 2.25. The van der Waals surface area contributed by atoms with Crippen LogP contribution in [0.15, 0.2) is 24.3 Å². The summed E-state index contributed by atoms with van der Waals surface area (Å²) in [7, 11) is 0. The second-order valence-electron chi connectivity index (χ2n) is 3.46. The minimum Gasteiger partial charge on any atom is -0.350 e. The number of hydrogen-bond donors (Lipinski definition) is 2. The van der Waals surface area contributed by atoms with E-state index in [1.54, 1.807) is 13.0 Å². The van der Waals surface area contributed by atoms with E-state index in [0.717, 1.165) is 0 Å². The minimum absolute atomic E-state index is 0.0492. The van der Waals surface area contributed by atoms with Gasteiger partial charge in [0, 0.05) is 18.7 Å². The molecule has 16 heavy (non-hydrogen) atoms. The van der Waals surface area contributed by atoms with Crippen LogP contribution >= 0.6 is 0 Å². The van der Waals surface area contributed by atoms with Crippen LogP contribution in [0.4, 0.5) is 5.69 Å². The maximum absolute atomic E-state index is 11.6. The van der Waals surface area contributed by atoms with E-state index in [-0.39, 0.29) is 23.8 Å². The Morgan fingerprint density at radius 1 is 1.56 bits per heavy atom. The normalized spacial score (nSPS) is 11.9. The number of nitrogens with two attached hydrogens (primary N) is 1. The molecular formula is C10H13N3O3. The Hall–Kier alpha value is -1.95. The van der Waals surface area contributed by atoms with Gasteiger partial charge in [0.1, 0.15) is 5.56 Å². The predicted molar refractivity (Wildman–Crippen MR) is 59.1 cm³/mol. The van der Waals surface area contributed by atoms with E-state index in [4.69, 9.17) is 5.73 Å². The van der Waals surface area contributed by atoms with Gasteiger partial charge in [-0.25, -0.2) is 0 Å². The molecule has 6 heteroatoms. The summed E-state index contributed by atoms with van der Waals surface area (Å²) in [5.41, 5.74) is 5.31. The Labute approximate surface area is 92.6 Å². The summed E-state index contributed by atoms with van der Waals surface area (Å²) in [4.78, 5) is 21.7. The summed E-state index contributed by atoms with van der Waals surface area (Å²) >= 11 is 0. The Balaban J connectivity index is 2.86. The molecule has 0 radical (unpaired) electrons. The number of nitro benzene ring substituents is 1. The fraction of sp³-hybridized carbons (Fsp3) is 0.300. The highest BCUT2D eigenvalue weighted by atomic mass is 16.6. The number of nitrogens with zero attached hydrogens (tertiary/aromatic N) is 1. The van der Waals surface area contributed by atoms with Crippen molar-refractivity contribution in [2.24, 2.45) is 5.73 Å². The lowest BCUT2D eigenvalue weighted by molar-refractivity contribution is -0.385. The number of hydrogen-bond acceptors (Lipinski definition) is 4. The number of rotatable bonds is 4. The molecule has 1 aromatic rings. The first kappa shape index (κ1) is 12.1.